The predicted octanol–water partition coefficient (Wildman–Crippen LogP) is 2.96. The maximum Gasteiger partial charge on any atom is 0.416 e. The van der Waals surface area contributed by atoms with E-state index in [2.05, 4.69) is 5.32 Å². The Kier molecular flexibility index (Phi) is 3.99. The van der Waals surface area contributed by atoms with Gasteiger partial charge in [-0.05, 0) is 31.4 Å². The van der Waals surface area contributed by atoms with Crippen molar-refractivity contribution in [2.45, 2.75) is 38.0 Å². The highest BCUT2D eigenvalue weighted by Crippen LogP contribution is 2.34. The molecule has 2 aliphatic rings. The van der Waals surface area contributed by atoms with Crippen molar-refractivity contribution in [1.29, 1.82) is 0 Å². The van der Waals surface area contributed by atoms with Gasteiger partial charge in [0.15, 0.2) is 5.78 Å². The summed E-state index contributed by atoms with van der Waals surface area (Å²) in [7, 11) is 0. The highest BCUT2D eigenvalue weighted by atomic mass is 19.4. The summed E-state index contributed by atoms with van der Waals surface area (Å²) in [6.07, 6.45) is -3.20. The van der Waals surface area contributed by atoms with Crippen LogP contribution in [-0.4, -0.2) is 31.1 Å². The zero-order valence-electron chi connectivity index (χ0n) is 12.2. The van der Waals surface area contributed by atoms with Gasteiger partial charge >= 0.3 is 6.18 Å². The standard InChI is InChI=1S/C16H18F3NO2/c1-9-2-3-10(6-14(9)16(17,18)19)15(21)11-4-12-7-22-8-13(5-11)20-12/h2-3,6,11-13,20H,4-5,7-8H2,1H3. The summed E-state index contributed by atoms with van der Waals surface area (Å²) < 4.78 is 44.4. The van der Waals surface area contributed by atoms with Gasteiger partial charge in [0.2, 0.25) is 0 Å². The lowest BCUT2D eigenvalue weighted by atomic mass is 9.81. The lowest BCUT2D eigenvalue weighted by molar-refractivity contribution is -0.138. The Morgan fingerprint density at radius 1 is 1.23 bits per heavy atom. The zero-order chi connectivity index (χ0) is 15.9. The second-order valence-electron chi connectivity index (χ2n) is 6.16. The molecular weight excluding hydrogens is 295 g/mol. The minimum atomic E-state index is -4.43. The molecule has 0 aliphatic carbocycles. The molecule has 2 atom stereocenters. The first kappa shape index (κ1) is 15.5. The van der Waals surface area contributed by atoms with E-state index in [1.807, 2.05) is 0 Å². The quantitative estimate of drug-likeness (QED) is 0.853. The van der Waals surface area contributed by atoms with Crippen LogP contribution in [-0.2, 0) is 10.9 Å². The molecule has 2 unspecified atom stereocenters. The van der Waals surface area contributed by atoms with Crippen molar-refractivity contribution in [3.8, 4) is 0 Å². The van der Waals surface area contributed by atoms with Gasteiger partial charge in [0, 0.05) is 23.6 Å². The molecule has 3 rings (SSSR count). The van der Waals surface area contributed by atoms with Crippen molar-refractivity contribution < 1.29 is 22.7 Å². The SMILES string of the molecule is Cc1ccc(C(=O)C2CC3COCC(C2)N3)cc1C(F)(F)F. The lowest BCUT2D eigenvalue weighted by Gasteiger charge is -2.39. The lowest BCUT2D eigenvalue weighted by Crippen LogP contribution is -2.55. The van der Waals surface area contributed by atoms with Gasteiger partial charge in [0.1, 0.15) is 0 Å². The average molecular weight is 313 g/mol. The molecule has 1 aromatic carbocycles. The largest absolute Gasteiger partial charge is 0.416 e. The number of fused-ring (bicyclic) bond motifs is 2. The second kappa shape index (κ2) is 5.66. The summed E-state index contributed by atoms with van der Waals surface area (Å²) in [6, 6.07) is 4.11. The van der Waals surface area contributed by atoms with E-state index in [1.54, 1.807) is 0 Å². The molecule has 1 aromatic rings. The van der Waals surface area contributed by atoms with Crippen molar-refractivity contribution in [2.24, 2.45) is 5.92 Å². The highest BCUT2D eigenvalue weighted by molar-refractivity contribution is 5.98. The number of ether oxygens (including phenoxy) is 1. The van der Waals surface area contributed by atoms with Gasteiger partial charge in [-0.2, -0.15) is 13.2 Å². The third kappa shape index (κ3) is 3.03. The Labute approximate surface area is 126 Å². The Hall–Kier alpha value is -1.40. The molecule has 120 valence electrons. The molecule has 3 nitrogen and oxygen atoms in total. The maximum absolute atomic E-state index is 13.0. The number of halogens is 3. The second-order valence-corrected chi connectivity index (χ2v) is 6.16. The fraction of sp³-hybridized carbons (Fsp3) is 0.562. The number of rotatable bonds is 2. The molecule has 0 aromatic heterocycles. The minimum Gasteiger partial charge on any atom is -0.378 e. The van der Waals surface area contributed by atoms with E-state index in [0.29, 0.717) is 26.1 Å². The van der Waals surface area contributed by atoms with E-state index in [0.717, 1.165) is 6.07 Å². The van der Waals surface area contributed by atoms with E-state index < -0.39 is 11.7 Å². The van der Waals surface area contributed by atoms with Gasteiger partial charge in [-0.1, -0.05) is 12.1 Å². The number of piperidine rings is 1. The van der Waals surface area contributed by atoms with Crippen molar-refractivity contribution in [3.63, 3.8) is 0 Å². The Morgan fingerprint density at radius 3 is 2.45 bits per heavy atom. The number of Topliss-reactive ketones (excluding diaryl/α,β-unsaturated/α-hetero) is 1. The van der Waals surface area contributed by atoms with Crippen LogP contribution in [0.4, 0.5) is 13.2 Å². The van der Waals surface area contributed by atoms with Gasteiger partial charge < -0.3 is 10.1 Å². The van der Waals surface area contributed by atoms with Gasteiger partial charge in [-0.25, -0.2) is 0 Å². The fourth-order valence-electron chi connectivity index (χ4n) is 3.37. The van der Waals surface area contributed by atoms with Crippen LogP contribution in [0, 0.1) is 12.8 Å². The molecule has 1 N–H and O–H groups in total. The average Bonchev–Trinajstić information content (AvgIpc) is 2.45. The molecule has 2 aliphatic heterocycles. The van der Waals surface area contributed by atoms with Crippen LogP contribution >= 0.6 is 0 Å². The number of hydrogen-bond acceptors (Lipinski definition) is 3. The first-order valence-electron chi connectivity index (χ1n) is 7.40. The van der Waals surface area contributed by atoms with Crippen LogP contribution in [0.5, 0.6) is 0 Å². The summed E-state index contributed by atoms with van der Waals surface area (Å²) in [4.78, 5) is 12.6. The molecule has 2 saturated heterocycles. The highest BCUT2D eigenvalue weighted by Gasteiger charge is 2.37. The van der Waals surface area contributed by atoms with E-state index in [9.17, 15) is 18.0 Å². The molecule has 6 heteroatoms. The van der Waals surface area contributed by atoms with Gasteiger partial charge in [0.05, 0.1) is 18.8 Å². The van der Waals surface area contributed by atoms with Crippen LogP contribution in [0.3, 0.4) is 0 Å². The molecule has 0 radical (unpaired) electrons. The summed E-state index contributed by atoms with van der Waals surface area (Å²) in [5.74, 6) is -0.423. The smallest absolute Gasteiger partial charge is 0.378 e. The molecule has 2 fully saturated rings. The third-order valence-electron chi connectivity index (χ3n) is 4.45. The zero-order valence-corrected chi connectivity index (χ0v) is 12.2. The molecule has 0 spiro atoms. The first-order valence-corrected chi connectivity index (χ1v) is 7.40. The van der Waals surface area contributed by atoms with Crippen LogP contribution in [0.25, 0.3) is 0 Å². The number of carbonyl (C=O) groups excluding carboxylic acids is 1. The van der Waals surface area contributed by atoms with Crippen molar-refractivity contribution in [3.05, 3.63) is 34.9 Å². The van der Waals surface area contributed by atoms with Crippen LogP contribution < -0.4 is 5.32 Å². The topological polar surface area (TPSA) is 38.3 Å². The first-order chi connectivity index (χ1) is 10.3. The van der Waals surface area contributed by atoms with E-state index in [-0.39, 0.29) is 34.9 Å². The molecule has 22 heavy (non-hydrogen) atoms. The number of hydrogen-bond donors (Lipinski definition) is 1. The molecule has 0 saturated carbocycles. The van der Waals surface area contributed by atoms with E-state index in [1.165, 1.54) is 19.1 Å². The van der Waals surface area contributed by atoms with Crippen molar-refractivity contribution >= 4 is 5.78 Å². The maximum atomic E-state index is 13.0. The number of morpholine rings is 1. The van der Waals surface area contributed by atoms with Gasteiger partial charge in [-0.3, -0.25) is 4.79 Å². The molecule has 2 heterocycles. The minimum absolute atomic E-state index is 0.119. The summed E-state index contributed by atoms with van der Waals surface area (Å²) in [5.41, 5.74) is -0.431. The normalized spacial score (nSPS) is 28.5. The number of nitrogens with one attached hydrogen (secondary N) is 1. The fourth-order valence-corrected chi connectivity index (χ4v) is 3.37. The molecule has 2 bridgehead atoms. The summed E-state index contributed by atoms with van der Waals surface area (Å²) >= 11 is 0. The van der Waals surface area contributed by atoms with Crippen LogP contribution in [0.1, 0.15) is 34.3 Å². The van der Waals surface area contributed by atoms with Gasteiger partial charge in [-0.15, -0.1) is 0 Å². The summed E-state index contributed by atoms with van der Waals surface area (Å²) in [6.45, 7) is 2.52. The molecular formula is C16H18F3NO2. The van der Waals surface area contributed by atoms with Crippen LogP contribution in [0.15, 0.2) is 18.2 Å². The Bertz CT molecular complexity index is 573. The van der Waals surface area contributed by atoms with Crippen molar-refractivity contribution in [2.75, 3.05) is 13.2 Å². The number of carbonyl (C=O) groups is 1. The monoisotopic (exact) mass is 313 g/mol. The number of alkyl halides is 3. The number of ketones is 1. The third-order valence-corrected chi connectivity index (χ3v) is 4.45. The Balaban J connectivity index is 1.83. The van der Waals surface area contributed by atoms with E-state index in [4.69, 9.17) is 4.74 Å². The number of aryl methyl sites for hydroxylation is 1. The van der Waals surface area contributed by atoms with Gasteiger partial charge in [0.25, 0.3) is 0 Å². The predicted molar refractivity (Wildman–Crippen MR) is 74.8 cm³/mol. The van der Waals surface area contributed by atoms with Crippen LogP contribution in [0.2, 0.25) is 0 Å². The number of benzene rings is 1. The molecule has 0 amide bonds. The van der Waals surface area contributed by atoms with E-state index >= 15 is 0 Å². The van der Waals surface area contributed by atoms with Crippen molar-refractivity contribution in [1.82, 2.24) is 5.32 Å². The Morgan fingerprint density at radius 2 is 1.86 bits per heavy atom. The summed E-state index contributed by atoms with van der Waals surface area (Å²) in [5, 5.41) is 3.38.